The lowest BCUT2D eigenvalue weighted by molar-refractivity contribution is 0.136. The van der Waals surface area contributed by atoms with Crippen molar-refractivity contribution in [2.24, 2.45) is 5.18 Å². The third-order valence-corrected chi connectivity index (χ3v) is 6.61. The van der Waals surface area contributed by atoms with Gasteiger partial charge >= 0.3 is 0 Å². The molecule has 1 aliphatic rings. The van der Waals surface area contributed by atoms with Gasteiger partial charge in [0.25, 0.3) is 0 Å². The van der Waals surface area contributed by atoms with Gasteiger partial charge in [-0.1, -0.05) is 0 Å². The number of nitrogens with one attached hydrogen (secondary N) is 1. The summed E-state index contributed by atoms with van der Waals surface area (Å²) in [5.41, 5.74) is 1.70. The fraction of sp³-hybridized carbons (Fsp3) is 0.500. The molecular formula is C16H22N4O4S. The largest absolute Gasteiger partial charge is 0.493 e. The van der Waals surface area contributed by atoms with Crippen LogP contribution in [-0.4, -0.2) is 47.3 Å². The SMILES string of the molecule is CN(C)S(=O)(=O)c1cc2c(N=O)c(O)[nH]c2c2c1CN(C(C)(C)C)C2. The number of aromatic nitrogens is 1. The lowest BCUT2D eigenvalue weighted by Crippen LogP contribution is -2.37. The molecule has 1 aliphatic heterocycles. The average Bonchev–Trinajstić information content (AvgIpc) is 3.05. The lowest BCUT2D eigenvalue weighted by Gasteiger charge is -2.31. The molecule has 0 unspecified atom stereocenters. The van der Waals surface area contributed by atoms with Crippen LogP contribution in [0.5, 0.6) is 5.88 Å². The highest BCUT2D eigenvalue weighted by Crippen LogP contribution is 2.44. The molecule has 0 bridgehead atoms. The highest BCUT2D eigenvalue weighted by molar-refractivity contribution is 7.89. The summed E-state index contributed by atoms with van der Waals surface area (Å²) in [6, 6.07) is 1.43. The summed E-state index contributed by atoms with van der Waals surface area (Å²) in [4.78, 5) is 16.2. The Bertz CT molecular complexity index is 970. The number of sulfonamides is 1. The van der Waals surface area contributed by atoms with Crippen molar-refractivity contribution in [2.75, 3.05) is 14.1 Å². The Labute approximate surface area is 146 Å². The van der Waals surface area contributed by atoms with Crippen LogP contribution in [0.1, 0.15) is 31.9 Å². The minimum absolute atomic E-state index is 0.149. The fourth-order valence-electron chi connectivity index (χ4n) is 3.17. The number of rotatable bonds is 3. The van der Waals surface area contributed by atoms with E-state index in [1.54, 1.807) is 0 Å². The van der Waals surface area contributed by atoms with E-state index < -0.39 is 10.0 Å². The first-order chi connectivity index (χ1) is 11.5. The number of nitroso groups, excluding NO2 is 1. The topological polar surface area (TPSA) is 106 Å². The van der Waals surface area contributed by atoms with E-state index in [-0.39, 0.29) is 22.0 Å². The molecule has 1 aromatic carbocycles. The standard InChI is InChI=1S/C16H22N4O4S/c1-16(2,3)20-7-10-11(8-20)13-9(14(18-22)15(21)17-13)6-12(10)25(23,24)19(4)5/h6,17,21H,7-8H2,1-5H3. The normalized spacial score (nSPS) is 15.9. The van der Waals surface area contributed by atoms with Crippen LogP contribution in [0.4, 0.5) is 5.69 Å². The van der Waals surface area contributed by atoms with Gasteiger partial charge in [0.15, 0.2) is 5.69 Å². The van der Waals surface area contributed by atoms with Gasteiger partial charge in [-0.25, -0.2) is 12.7 Å². The molecule has 9 heteroatoms. The Balaban J connectivity index is 2.37. The zero-order valence-electron chi connectivity index (χ0n) is 14.9. The number of hydrogen-bond donors (Lipinski definition) is 2. The van der Waals surface area contributed by atoms with Gasteiger partial charge in [-0.2, -0.15) is 0 Å². The number of aromatic amines is 1. The summed E-state index contributed by atoms with van der Waals surface area (Å²) in [5.74, 6) is -0.346. The van der Waals surface area contributed by atoms with Crippen LogP contribution in [0.15, 0.2) is 16.1 Å². The third kappa shape index (κ3) is 2.62. The molecule has 0 spiro atoms. The minimum Gasteiger partial charge on any atom is -0.493 e. The first kappa shape index (κ1) is 17.8. The van der Waals surface area contributed by atoms with Gasteiger partial charge in [0.1, 0.15) is 0 Å². The van der Waals surface area contributed by atoms with E-state index in [0.29, 0.717) is 29.6 Å². The average molecular weight is 366 g/mol. The number of fused-ring (bicyclic) bond motifs is 3. The van der Waals surface area contributed by atoms with E-state index in [9.17, 15) is 18.4 Å². The quantitative estimate of drug-likeness (QED) is 0.812. The van der Waals surface area contributed by atoms with Crippen molar-refractivity contribution in [2.45, 2.75) is 44.3 Å². The molecule has 8 nitrogen and oxygen atoms in total. The molecule has 136 valence electrons. The summed E-state index contributed by atoms with van der Waals surface area (Å²) in [5, 5.41) is 13.2. The monoisotopic (exact) mass is 366 g/mol. The van der Waals surface area contributed by atoms with Gasteiger partial charge < -0.3 is 10.1 Å². The van der Waals surface area contributed by atoms with E-state index in [0.717, 1.165) is 9.87 Å². The number of nitrogens with zero attached hydrogens (tertiary/aromatic N) is 3. The summed E-state index contributed by atoms with van der Waals surface area (Å²) < 4.78 is 26.8. The highest BCUT2D eigenvalue weighted by Gasteiger charge is 2.36. The number of benzene rings is 1. The van der Waals surface area contributed by atoms with Crippen LogP contribution in [0.3, 0.4) is 0 Å². The van der Waals surface area contributed by atoms with Crippen LogP contribution >= 0.6 is 0 Å². The molecule has 2 aromatic rings. The Kier molecular flexibility index (Phi) is 3.94. The third-order valence-electron chi connectivity index (χ3n) is 4.73. The molecular weight excluding hydrogens is 344 g/mol. The fourth-order valence-corrected chi connectivity index (χ4v) is 4.33. The molecule has 2 N–H and O–H groups in total. The summed E-state index contributed by atoms with van der Waals surface area (Å²) in [6.07, 6.45) is 0. The molecule has 2 heterocycles. The van der Waals surface area contributed by atoms with Crippen LogP contribution < -0.4 is 0 Å². The lowest BCUT2D eigenvalue weighted by atomic mass is 10.1. The van der Waals surface area contributed by atoms with E-state index >= 15 is 0 Å². The zero-order chi connectivity index (χ0) is 18.7. The van der Waals surface area contributed by atoms with Crippen molar-refractivity contribution < 1.29 is 13.5 Å². The maximum absolute atomic E-state index is 12.8. The van der Waals surface area contributed by atoms with E-state index in [2.05, 4.69) is 35.8 Å². The highest BCUT2D eigenvalue weighted by atomic mass is 32.2. The Morgan fingerprint density at radius 2 is 1.84 bits per heavy atom. The second-order valence-corrected chi connectivity index (χ2v) is 9.60. The van der Waals surface area contributed by atoms with Crippen molar-refractivity contribution in [3.05, 3.63) is 22.1 Å². The molecule has 0 saturated heterocycles. The molecule has 0 aliphatic carbocycles. The van der Waals surface area contributed by atoms with Gasteiger partial charge in [-0.15, -0.1) is 4.91 Å². The molecule has 3 rings (SSSR count). The van der Waals surface area contributed by atoms with E-state index in [1.165, 1.54) is 20.2 Å². The van der Waals surface area contributed by atoms with Gasteiger partial charge in [-0.3, -0.25) is 4.90 Å². The maximum Gasteiger partial charge on any atom is 0.242 e. The number of H-pyrrole nitrogens is 1. The second-order valence-electron chi connectivity index (χ2n) is 7.48. The van der Waals surface area contributed by atoms with Crippen molar-refractivity contribution in [3.8, 4) is 5.88 Å². The van der Waals surface area contributed by atoms with Crippen molar-refractivity contribution in [1.82, 2.24) is 14.2 Å². The molecule has 0 fully saturated rings. The predicted octanol–water partition coefficient (Wildman–Crippen LogP) is 2.64. The molecule has 25 heavy (non-hydrogen) atoms. The van der Waals surface area contributed by atoms with Crippen molar-refractivity contribution in [1.29, 1.82) is 0 Å². The molecule has 0 radical (unpaired) electrons. The van der Waals surface area contributed by atoms with Crippen LogP contribution in [0.25, 0.3) is 10.9 Å². The Morgan fingerprint density at radius 1 is 1.24 bits per heavy atom. The van der Waals surface area contributed by atoms with Gasteiger partial charge in [0, 0.05) is 38.1 Å². The molecule has 1 aromatic heterocycles. The number of aromatic hydroxyl groups is 1. The summed E-state index contributed by atoms with van der Waals surface area (Å²) >= 11 is 0. The van der Waals surface area contributed by atoms with E-state index in [1.807, 2.05) is 0 Å². The molecule has 0 atom stereocenters. The maximum atomic E-state index is 12.8. The number of hydrogen-bond acceptors (Lipinski definition) is 6. The van der Waals surface area contributed by atoms with Crippen LogP contribution in [0, 0.1) is 4.91 Å². The van der Waals surface area contributed by atoms with Gasteiger partial charge in [0.2, 0.25) is 15.9 Å². The zero-order valence-corrected chi connectivity index (χ0v) is 15.7. The molecule has 0 saturated carbocycles. The van der Waals surface area contributed by atoms with Gasteiger partial charge in [0.05, 0.1) is 10.4 Å². The summed E-state index contributed by atoms with van der Waals surface area (Å²) in [6.45, 7) is 7.16. The summed E-state index contributed by atoms with van der Waals surface area (Å²) in [7, 11) is -0.775. The first-order valence-corrected chi connectivity index (χ1v) is 9.32. The van der Waals surface area contributed by atoms with Crippen LogP contribution in [0.2, 0.25) is 0 Å². The van der Waals surface area contributed by atoms with Crippen LogP contribution in [-0.2, 0) is 23.1 Å². The molecule has 0 amide bonds. The first-order valence-electron chi connectivity index (χ1n) is 7.88. The predicted molar refractivity (Wildman–Crippen MR) is 95.3 cm³/mol. The second kappa shape index (κ2) is 5.52. The van der Waals surface area contributed by atoms with E-state index in [4.69, 9.17) is 0 Å². The van der Waals surface area contributed by atoms with Crippen molar-refractivity contribution >= 4 is 26.6 Å². The Morgan fingerprint density at radius 3 is 2.36 bits per heavy atom. The van der Waals surface area contributed by atoms with Crippen molar-refractivity contribution in [3.63, 3.8) is 0 Å². The minimum atomic E-state index is -3.71. The smallest absolute Gasteiger partial charge is 0.242 e. The Hall–Kier alpha value is -1.97. The van der Waals surface area contributed by atoms with Gasteiger partial charge in [-0.05, 0) is 43.1 Å².